The summed E-state index contributed by atoms with van der Waals surface area (Å²) in [6.45, 7) is 2.02. The van der Waals surface area contributed by atoms with Gasteiger partial charge in [-0.25, -0.2) is 0 Å². The molecule has 4 heteroatoms. The van der Waals surface area contributed by atoms with Gasteiger partial charge < -0.3 is 4.52 Å². The second kappa shape index (κ2) is 3.53. The number of halogens is 1. The quantitative estimate of drug-likeness (QED) is 0.657. The smallest absolute Gasteiger partial charge is 0.274 e. The predicted molar refractivity (Wildman–Crippen MR) is 40.7 cm³/mol. The van der Waals surface area contributed by atoms with Gasteiger partial charge in [0.05, 0.1) is 0 Å². The molecule has 1 aromatic rings. The lowest BCUT2D eigenvalue weighted by Crippen LogP contribution is -1.85. The van der Waals surface area contributed by atoms with Crippen LogP contribution in [-0.4, -0.2) is 10.4 Å². The Hall–Kier alpha value is -0.830. The van der Waals surface area contributed by atoms with E-state index >= 15 is 0 Å². The fourth-order valence-electron chi connectivity index (χ4n) is 0.770. The van der Waals surface area contributed by atoms with Crippen LogP contribution in [-0.2, 0) is 6.42 Å². The van der Waals surface area contributed by atoms with E-state index < -0.39 is 5.24 Å². The van der Waals surface area contributed by atoms with Crippen molar-refractivity contribution in [1.29, 1.82) is 0 Å². The molecule has 3 nitrogen and oxygen atoms in total. The number of aromatic nitrogens is 1. The molecule has 1 rings (SSSR count). The van der Waals surface area contributed by atoms with Crippen molar-refractivity contribution in [3.05, 3.63) is 17.5 Å². The fourth-order valence-corrected chi connectivity index (χ4v) is 0.859. The van der Waals surface area contributed by atoms with E-state index in [2.05, 4.69) is 5.16 Å². The summed E-state index contributed by atoms with van der Waals surface area (Å²) in [5, 5.41) is 2.90. The van der Waals surface area contributed by atoms with Gasteiger partial charge in [0.15, 0.2) is 5.69 Å². The van der Waals surface area contributed by atoms with E-state index in [9.17, 15) is 4.79 Å². The van der Waals surface area contributed by atoms with Crippen molar-refractivity contribution in [2.45, 2.75) is 19.8 Å². The Kier molecular flexibility index (Phi) is 2.65. The lowest BCUT2D eigenvalue weighted by atomic mass is 10.2. The Morgan fingerprint density at radius 1 is 1.82 bits per heavy atom. The molecule has 0 fully saturated rings. The SMILES string of the molecule is CCCc1cc(C(=O)Cl)no1. The molecule has 0 aliphatic rings. The second-order valence-corrected chi connectivity index (χ2v) is 2.55. The molecule has 0 atom stereocenters. The van der Waals surface area contributed by atoms with E-state index in [0.717, 1.165) is 12.8 Å². The molecule has 0 aliphatic heterocycles. The maximum Gasteiger partial charge on any atom is 0.274 e. The molecule has 1 heterocycles. The fraction of sp³-hybridized carbons (Fsp3) is 0.429. The van der Waals surface area contributed by atoms with Crippen molar-refractivity contribution >= 4 is 16.8 Å². The van der Waals surface area contributed by atoms with Crippen LogP contribution in [0.5, 0.6) is 0 Å². The van der Waals surface area contributed by atoms with E-state index in [-0.39, 0.29) is 5.69 Å². The lowest BCUT2D eigenvalue weighted by Gasteiger charge is -1.83. The van der Waals surface area contributed by atoms with Crippen LogP contribution in [0.25, 0.3) is 0 Å². The molecule has 11 heavy (non-hydrogen) atoms. The van der Waals surface area contributed by atoms with Crippen molar-refractivity contribution < 1.29 is 9.32 Å². The van der Waals surface area contributed by atoms with Crippen molar-refractivity contribution in [3.63, 3.8) is 0 Å². The van der Waals surface area contributed by atoms with Gasteiger partial charge in [-0.2, -0.15) is 0 Å². The summed E-state index contributed by atoms with van der Waals surface area (Å²) in [7, 11) is 0. The first kappa shape index (κ1) is 8.27. The summed E-state index contributed by atoms with van der Waals surface area (Å²) >= 11 is 5.16. The van der Waals surface area contributed by atoms with Gasteiger partial charge >= 0.3 is 0 Å². The first-order chi connectivity index (χ1) is 5.24. The number of hydrogen-bond acceptors (Lipinski definition) is 3. The Labute approximate surface area is 69.3 Å². The zero-order valence-corrected chi connectivity index (χ0v) is 6.89. The first-order valence-corrected chi connectivity index (χ1v) is 3.77. The van der Waals surface area contributed by atoms with E-state index in [1.54, 1.807) is 6.07 Å². The van der Waals surface area contributed by atoms with Crippen LogP contribution in [0.1, 0.15) is 29.6 Å². The minimum atomic E-state index is -0.573. The van der Waals surface area contributed by atoms with Gasteiger partial charge in [0.25, 0.3) is 5.24 Å². The minimum absolute atomic E-state index is 0.190. The maximum absolute atomic E-state index is 10.5. The second-order valence-electron chi connectivity index (χ2n) is 2.20. The van der Waals surface area contributed by atoms with Crippen molar-refractivity contribution in [2.75, 3.05) is 0 Å². The highest BCUT2D eigenvalue weighted by molar-refractivity contribution is 6.67. The molecule has 1 aromatic heterocycles. The van der Waals surface area contributed by atoms with Crippen LogP contribution in [0.15, 0.2) is 10.6 Å². The molecule has 0 radical (unpaired) electrons. The molecule has 0 aliphatic carbocycles. The monoisotopic (exact) mass is 173 g/mol. The van der Waals surface area contributed by atoms with Gasteiger partial charge in [-0.05, 0) is 18.0 Å². The normalized spacial score (nSPS) is 10.0. The molecule has 0 bridgehead atoms. The largest absolute Gasteiger partial charge is 0.361 e. The average molecular weight is 174 g/mol. The summed E-state index contributed by atoms with van der Waals surface area (Å²) in [5.41, 5.74) is 0.190. The Morgan fingerprint density at radius 3 is 3.00 bits per heavy atom. The molecule has 0 saturated heterocycles. The van der Waals surface area contributed by atoms with Crippen molar-refractivity contribution in [3.8, 4) is 0 Å². The van der Waals surface area contributed by atoms with Gasteiger partial charge in [-0.3, -0.25) is 4.79 Å². The van der Waals surface area contributed by atoms with Crippen LogP contribution in [0, 0.1) is 0 Å². The molecule has 60 valence electrons. The third kappa shape index (κ3) is 2.05. The van der Waals surface area contributed by atoms with E-state index in [0.29, 0.717) is 5.76 Å². The van der Waals surface area contributed by atoms with Crippen LogP contribution in [0.4, 0.5) is 0 Å². The zero-order chi connectivity index (χ0) is 8.27. The average Bonchev–Trinajstić information content (AvgIpc) is 2.37. The Balaban J connectivity index is 2.73. The molecular weight excluding hydrogens is 166 g/mol. The summed E-state index contributed by atoms with van der Waals surface area (Å²) in [4.78, 5) is 10.5. The standard InChI is InChI=1S/C7H8ClNO2/c1-2-3-5-4-6(7(8)10)9-11-5/h4H,2-3H2,1H3. The Bertz CT molecular complexity index is 257. The molecule has 0 N–H and O–H groups in total. The van der Waals surface area contributed by atoms with Gasteiger partial charge in [-0.15, -0.1) is 0 Å². The highest BCUT2D eigenvalue weighted by Crippen LogP contribution is 2.07. The van der Waals surface area contributed by atoms with E-state index in [1.165, 1.54) is 0 Å². The van der Waals surface area contributed by atoms with Gasteiger partial charge in [0, 0.05) is 12.5 Å². The highest BCUT2D eigenvalue weighted by atomic mass is 35.5. The zero-order valence-electron chi connectivity index (χ0n) is 6.13. The molecule has 0 saturated carbocycles. The lowest BCUT2D eigenvalue weighted by molar-refractivity contribution is 0.107. The summed E-state index contributed by atoms with van der Waals surface area (Å²) in [5.74, 6) is 0.705. The number of aryl methyl sites for hydroxylation is 1. The number of rotatable bonds is 3. The van der Waals surface area contributed by atoms with Gasteiger partial charge in [0.1, 0.15) is 5.76 Å². The Morgan fingerprint density at radius 2 is 2.55 bits per heavy atom. The molecule has 0 amide bonds. The van der Waals surface area contributed by atoms with E-state index in [1.807, 2.05) is 6.92 Å². The van der Waals surface area contributed by atoms with Crippen molar-refractivity contribution in [1.82, 2.24) is 5.16 Å². The topological polar surface area (TPSA) is 43.1 Å². The van der Waals surface area contributed by atoms with Crippen molar-refractivity contribution in [2.24, 2.45) is 0 Å². The third-order valence-corrected chi connectivity index (χ3v) is 1.45. The number of carbonyl (C=O) groups is 1. The maximum atomic E-state index is 10.5. The summed E-state index contributed by atoms with van der Waals surface area (Å²) in [6, 6.07) is 1.57. The number of nitrogens with zero attached hydrogens (tertiary/aromatic N) is 1. The highest BCUT2D eigenvalue weighted by Gasteiger charge is 2.08. The van der Waals surface area contributed by atoms with Crippen LogP contribution < -0.4 is 0 Å². The van der Waals surface area contributed by atoms with E-state index in [4.69, 9.17) is 16.1 Å². The minimum Gasteiger partial charge on any atom is -0.361 e. The number of carbonyl (C=O) groups excluding carboxylic acids is 1. The van der Waals surface area contributed by atoms with Crippen LogP contribution >= 0.6 is 11.6 Å². The molecule has 0 unspecified atom stereocenters. The number of hydrogen-bond donors (Lipinski definition) is 0. The predicted octanol–water partition coefficient (Wildman–Crippen LogP) is 2.01. The van der Waals surface area contributed by atoms with Gasteiger partial charge in [-0.1, -0.05) is 12.1 Å². The molecular formula is C7H8ClNO2. The molecule has 0 aromatic carbocycles. The first-order valence-electron chi connectivity index (χ1n) is 3.39. The third-order valence-electron chi connectivity index (χ3n) is 1.26. The summed E-state index contributed by atoms with van der Waals surface area (Å²) < 4.78 is 4.81. The van der Waals surface area contributed by atoms with Crippen LogP contribution in [0.3, 0.4) is 0 Å². The van der Waals surface area contributed by atoms with Crippen LogP contribution in [0.2, 0.25) is 0 Å². The van der Waals surface area contributed by atoms with Gasteiger partial charge in [0.2, 0.25) is 0 Å². The molecule has 0 spiro atoms. The summed E-state index contributed by atoms with van der Waals surface area (Å²) in [6.07, 6.45) is 1.75.